The number of nitrogens with one attached hydrogen (secondary N) is 1. The van der Waals surface area contributed by atoms with Gasteiger partial charge in [0.05, 0.1) is 18.9 Å². The average molecular weight is 639 g/mol. The number of carbonyl (C=O) groups is 1. The lowest BCUT2D eigenvalue weighted by Crippen LogP contribution is -2.61. The van der Waals surface area contributed by atoms with E-state index in [1.54, 1.807) is 4.90 Å². The van der Waals surface area contributed by atoms with Gasteiger partial charge in [0.1, 0.15) is 18.5 Å². The number of sulfonamides is 1. The number of amides is 1. The molecule has 0 unspecified atom stereocenters. The Labute approximate surface area is 247 Å². The average Bonchev–Trinajstić information content (AvgIpc) is 3.56. The van der Waals surface area contributed by atoms with E-state index in [2.05, 4.69) is 56.2 Å². The summed E-state index contributed by atoms with van der Waals surface area (Å²) in [6.45, 7) is 11.9. The van der Waals surface area contributed by atoms with Gasteiger partial charge in [0.25, 0.3) is 6.43 Å². The molecule has 1 amide bonds. The summed E-state index contributed by atoms with van der Waals surface area (Å²) in [4.78, 5) is 16.2. The predicted octanol–water partition coefficient (Wildman–Crippen LogP) is 2.42. The van der Waals surface area contributed by atoms with Gasteiger partial charge >= 0.3 is 0 Å². The second-order valence-corrected chi connectivity index (χ2v) is 19.1. The normalized spacial score (nSPS) is 17.5. The van der Waals surface area contributed by atoms with Gasteiger partial charge in [0.2, 0.25) is 15.9 Å². The highest BCUT2D eigenvalue weighted by molar-refractivity contribution is 7.89. The van der Waals surface area contributed by atoms with Gasteiger partial charge in [-0.25, -0.2) is 17.2 Å². The Morgan fingerprint density at radius 1 is 1.12 bits per heavy atom. The molecular formula is C25H32F2N8O4S2Si. The minimum atomic E-state index is -4.16. The number of nitrogens with zero attached hydrogens (tertiary/aromatic N) is 7. The van der Waals surface area contributed by atoms with Crippen molar-refractivity contribution in [2.24, 2.45) is 5.92 Å². The predicted molar refractivity (Wildman–Crippen MR) is 155 cm³/mol. The molecule has 17 heteroatoms. The monoisotopic (exact) mass is 638 g/mol. The Morgan fingerprint density at radius 2 is 1.81 bits per heavy atom. The third-order valence-corrected chi connectivity index (χ3v) is 10.0. The van der Waals surface area contributed by atoms with Crippen LogP contribution in [-0.2, 0) is 19.6 Å². The number of ether oxygens (including phenoxy) is 1. The number of alkyl halides is 2. The maximum atomic E-state index is 13.9. The lowest BCUT2D eigenvalue weighted by atomic mass is 10.0. The molecule has 0 atom stereocenters. The fourth-order valence-electron chi connectivity index (χ4n) is 4.51. The van der Waals surface area contributed by atoms with Crippen molar-refractivity contribution in [2.45, 2.75) is 50.3 Å². The summed E-state index contributed by atoms with van der Waals surface area (Å²) in [5, 5.41) is 15.4. The zero-order valence-corrected chi connectivity index (χ0v) is 26.5. The fourth-order valence-corrected chi connectivity index (χ4v) is 7.12. The van der Waals surface area contributed by atoms with Crippen LogP contribution in [0.4, 0.5) is 14.5 Å². The van der Waals surface area contributed by atoms with Crippen LogP contribution in [0, 0.1) is 17.4 Å². The van der Waals surface area contributed by atoms with E-state index in [1.807, 2.05) is 18.7 Å². The number of carbonyl (C=O) groups excluding carboxylic acids is 1. The van der Waals surface area contributed by atoms with Gasteiger partial charge in [-0.2, -0.15) is 4.72 Å². The van der Waals surface area contributed by atoms with E-state index in [4.69, 9.17) is 4.74 Å². The first-order valence-corrected chi connectivity index (χ1v) is 19.2. The van der Waals surface area contributed by atoms with Crippen LogP contribution < -0.4 is 9.62 Å². The maximum Gasteiger partial charge on any atom is 0.291 e. The van der Waals surface area contributed by atoms with Crippen LogP contribution in [0.15, 0.2) is 17.2 Å². The van der Waals surface area contributed by atoms with Crippen LogP contribution in [0.25, 0.3) is 16.5 Å². The molecule has 226 valence electrons. The topological polar surface area (TPSA) is 135 Å². The van der Waals surface area contributed by atoms with Crippen molar-refractivity contribution in [3.8, 4) is 22.3 Å². The summed E-state index contributed by atoms with van der Waals surface area (Å²) in [5.74, 6) is 3.10. The second-order valence-electron chi connectivity index (χ2n) is 11.7. The molecule has 2 aliphatic heterocycles. The number of hydrogen-bond acceptors (Lipinski definition) is 10. The van der Waals surface area contributed by atoms with Gasteiger partial charge in [-0.05, 0) is 6.07 Å². The van der Waals surface area contributed by atoms with Crippen molar-refractivity contribution in [3.05, 3.63) is 17.3 Å². The van der Waals surface area contributed by atoms with Crippen molar-refractivity contribution in [3.63, 3.8) is 0 Å². The van der Waals surface area contributed by atoms with Gasteiger partial charge in [-0.1, -0.05) is 50.7 Å². The number of anilines is 1. The van der Waals surface area contributed by atoms with Gasteiger partial charge < -0.3 is 14.5 Å². The van der Waals surface area contributed by atoms with E-state index in [1.165, 1.54) is 16.7 Å². The minimum absolute atomic E-state index is 0.0450. The van der Waals surface area contributed by atoms with Crippen LogP contribution in [-0.4, -0.2) is 97.0 Å². The number of aromatic nitrogens is 5. The second kappa shape index (κ2) is 11.2. The molecule has 42 heavy (non-hydrogen) atoms. The standard InChI is InChI=1S/C25H32F2N8O4S2Si/c1-16(2)24(36)34-9-7-33(8-10-34)18-12-17(41(37,38)32-25(14-39-15-25)6-11-42(3,4)5)13-35-20(18)28-29-21(35)23-31-30-22(40-23)19(26)27/h12-13,16,19,32H,7-10,14-15H2,1-5H3. The molecule has 2 aliphatic rings. The number of halogens is 2. The molecule has 0 aliphatic carbocycles. The number of piperazine rings is 1. The molecule has 0 radical (unpaired) electrons. The summed E-state index contributed by atoms with van der Waals surface area (Å²) in [5.41, 5.74) is 2.97. The molecule has 3 aromatic rings. The van der Waals surface area contributed by atoms with E-state index in [-0.39, 0.29) is 40.8 Å². The molecule has 5 rings (SSSR count). The van der Waals surface area contributed by atoms with Crippen LogP contribution in [0.2, 0.25) is 19.6 Å². The Bertz CT molecular complexity index is 1660. The van der Waals surface area contributed by atoms with Gasteiger partial charge in [-0.15, -0.1) is 25.9 Å². The number of pyridine rings is 1. The molecule has 0 aromatic carbocycles. The number of rotatable bonds is 7. The molecule has 12 nitrogen and oxygen atoms in total. The van der Waals surface area contributed by atoms with Gasteiger partial charge in [-0.3, -0.25) is 9.20 Å². The molecule has 3 aromatic heterocycles. The largest absolute Gasteiger partial charge is 0.375 e. The number of fused-ring (bicyclic) bond motifs is 1. The van der Waals surface area contributed by atoms with E-state index in [0.717, 1.165) is 0 Å². The quantitative estimate of drug-likeness (QED) is 0.306. The molecule has 2 saturated heterocycles. The summed E-state index contributed by atoms with van der Waals surface area (Å²) in [6, 6.07) is 1.51. The van der Waals surface area contributed by atoms with Gasteiger partial charge in [0.15, 0.2) is 21.5 Å². The summed E-state index contributed by atoms with van der Waals surface area (Å²) >= 11 is 0.657. The lowest BCUT2D eigenvalue weighted by Gasteiger charge is -2.38. The Morgan fingerprint density at radius 3 is 2.36 bits per heavy atom. The van der Waals surface area contributed by atoms with Crippen LogP contribution in [0.1, 0.15) is 25.3 Å². The van der Waals surface area contributed by atoms with Crippen LogP contribution >= 0.6 is 11.3 Å². The SMILES string of the molecule is CC(C)C(=O)N1CCN(c2cc(S(=O)(=O)NC3(C#C[Si](C)(C)C)COC3)cn3c(-c4nnc(C(F)F)s4)nnc23)CC1. The highest BCUT2D eigenvalue weighted by atomic mass is 32.2. The van der Waals surface area contributed by atoms with Crippen molar-refractivity contribution in [1.82, 2.24) is 34.4 Å². The molecule has 5 heterocycles. The summed E-state index contributed by atoms with van der Waals surface area (Å²) in [6.07, 6.45) is -1.47. The van der Waals surface area contributed by atoms with Crippen LogP contribution in [0.3, 0.4) is 0 Å². The molecule has 0 bridgehead atoms. The van der Waals surface area contributed by atoms with E-state index < -0.39 is 35.1 Å². The first-order chi connectivity index (χ1) is 19.7. The molecule has 1 N–H and O–H groups in total. The van der Waals surface area contributed by atoms with Crippen molar-refractivity contribution < 1.29 is 26.7 Å². The van der Waals surface area contributed by atoms with Crippen molar-refractivity contribution in [1.29, 1.82) is 0 Å². The third kappa shape index (κ3) is 6.18. The smallest absolute Gasteiger partial charge is 0.291 e. The molecule has 0 spiro atoms. The zero-order valence-electron chi connectivity index (χ0n) is 23.9. The first kappa shape index (κ1) is 30.4. The zero-order chi connectivity index (χ0) is 30.4. The van der Waals surface area contributed by atoms with Gasteiger partial charge in [0, 0.05) is 38.3 Å². The highest BCUT2D eigenvalue weighted by Gasteiger charge is 2.42. The fraction of sp³-hybridized carbons (Fsp3) is 0.560. The Hall–Kier alpha value is -3.04. The maximum absolute atomic E-state index is 13.9. The lowest BCUT2D eigenvalue weighted by molar-refractivity contribution is -0.134. The molecule has 2 fully saturated rings. The molecular weight excluding hydrogens is 607 g/mol. The van der Waals surface area contributed by atoms with Crippen molar-refractivity contribution >= 4 is 46.7 Å². The summed E-state index contributed by atoms with van der Waals surface area (Å²) in [7, 11) is -5.96. The van der Waals surface area contributed by atoms with Crippen molar-refractivity contribution in [2.75, 3.05) is 44.3 Å². The Kier molecular flexibility index (Phi) is 8.13. The minimum Gasteiger partial charge on any atom is -0.375 e. The Balaban J connectivity index is 1.57. The van der Waals surface area contributed by atoms with Crippen LogP contribution in [0.5, 0.6) is 0 Å². The van der Waals surface area contributed by atoms with E-state index in [9.17, 15) is 22.0 Å². The first-order valence-electron chi connectivity index (χ1n) is 13.4. The van der Waals surface area contributed by atoms with E-state index >= 15 is 0 Å². The van der Waals surface area contributed by atoms with E-state index in [0.29, 0.717) is 48.9 Å². The third-order valence-electron chi connectivity index (χ3n) is 6.72. The summed E-state index contributed by atoms with van der Waals surface area (Å²) < 4.78 is 63.7. The molecule has 0 saturated carbocycles. The highest BCUT2D eigenvalue weighted by Crippen LogP contribution is 2.33. The number of hydrogen-bond donors (Lipinski definition) is 1.